The lowest BCUT2D eigenvalue weighted by atomic mass is 9.94. The molecule has 0 spiro atoms. The molecule has 0 aromatic heterocycles. The van der Waals surface area contributed by atoms with Gasteiger partial charge in [-0.15, -0.1) is 12.3 Å². The Morgan fingerprint density at radius 3 is 2.65 bits per heavy atom. The van der Waals surface area contributed by atoms with E-state index < -0.39 is 0 Å². The molecule has 2 amide bonds. The van der Waals surface area contributed by atoms with Gasteiger partial charge in [0, 0.05) is 18.5 Å². The topological polar surface area (TPSA) is 49.4 Å². The SMILES string of the molecule is C#CCC(CC)NC1CC(=O)N(C2CCCCC2)C1=O. The van der Waals surface area contributed by atoms with E-state index in [0.717, 1.165) is 32.1 Å². The van der Waals surface area contributed by atoms with Crippen LogP contribution in [-0.4, -0.2) is 34.8 Å². The highest BCUT2D eigenvalue weighted by atomic mass is 16.2. The van der Waals surface area contributed by atoms with E-state index in [-0.39, 0.29) is 36.4 Å². The Morgan fingerprint density at radius 2 is 2.05 bits per heavy atom. The molecular weight excluding hydrogens is 252 g/mol. The summed E-state index contributed by atoms with van der Waals surface area (Å²) in [5.74, 6) is 2.56. The first-order chi connectivity index (χ1) is 9.67. The quantitative estimate of drug-likeness (QED) is 0.616. The summed E-state index contributed by atoms with van der Waals surface area (Å²) < 4.78 is 0. The molecule has 2 fully saturated rings. The fourth-order valence-corrected chi connectivity index (χ4v) is 3.25. The van der Waals surface area contributed by atoms with E-state index in [1.54, 1.807) is 0 Å². The van der Waals surface area contributed by atoms with Gasteiger partial charge in [0.15, 0.2) is 0 Å². The third kappa shape index (κ3) is 3.21. The highest BCUT2D eigenvalue weighted by molar-refractivity contribution is 6.05. The van der Waals surface area contributed by atoms with Crippen molar-refractivity contribution in [3.05, 3.63) is 0 Å². The standard InChI is InChI=1S/C16H24N2O2/c1-3-8-12(4-2)17-14-11-15(19)18(16(14)20)13-9-6-5-7-10-13/h1,12-14,17H,4-11H2,2H3. The predicted molar refractivity (Wildman–Crippen MR) is 77.8 cm³/mol. The van der Waals surface area contributed by atoms with Crippen molar-refractivity contribution in [3.8, 4) is 12.3 Å². The maximum atomic E-state index is 12.5. The fraction of sp³-hybridized carbons (Fsp3) is 0.750. The summed E-state index contributed by atoms with van der Waals surface area (Å²) in [4.78, 5) is 26.1. The van der Waals surface area contributed by atoms with Gasteiger partial charge in [-0.3, -0.25) is 14.5 Å². The Morgan fingerprint density at radius 1 is 1.35 bits per heavy atom. The number of nitrogens with one attached hydrogen (secondary N) is 1. The minimum atomic E-state index is -0.372. The summed E-state index contributed by atoms with van der Waals surface area (Å²) in [5.41, 5.74) is 0. The summed E-state index contributed by atoms with van der Waals surface area (Å²) >= 11 is 0. The zero-order chi connectivity index (χ0) is 14.5. The smallest absolute Gasteiger partial charge is 0.247 e. The first kappa shape index (κ1) is 15.1. The lowest BCUT2D eigenvalue weighted by Crippen LogP contribution is -2.47. The van der Waals surface area contributed by atoms with E-state index in [4.69, 9.17) is 6.42 Å². The van der Waals surface area contributed by atoms with Gasteiger partial charge in [-0.05, 0) is 19.3 Å². The molecule has 1 aliphatic heterocycles. The van der Waals surface area contributed by atoms with Gasteiger partial charge in [0.2, 0.25) is 11.8 Å². The first-order valence-corrected chi connectivity index (χ1v) is 7.72. The summed E-state index contributed by atoms with van der Waals surface area (Å²) in [6.45, 7) is 2.04. The molecule has 0 aromatic rings. The number of likely N-dealkylation sites (tertiary alicyclic amines) is 1. The molecule has 1 saturated heterocycles. The molecule has 0 aromatic carbocycles. The van der Waals surface area contributed by atoms with E-state index in [9.17, 15) is 9.59 Å². The summed E-state index contributed by atoms with van der Waals surface area (Å²) in [6.07, 6.45) is 12.5. The average Bonchev–Trinajstić information content (AvgIpc) is 2.74. The number of nitrogens with zero attached hydrogens (tertiary/aromatic N) is 1. The molecule has 1 saturated carbocycles. The molecule has 2 aliphatic rings. The second kappa shape index (κ2) is 6.90. The minimum Gasteiger partial charge on any atom is -0.302 e. The normalized spacial score (nSPS) is 25.8. The second-order valence-electron chi connectivity index (χ2n) is 5.83. The van der Waals surface area contributed by atoms with Crippen molar-refractivity contribution in [2.75, 3.05) is 0 Å². The second-order valence-corrected chi connectivity index (χ2v) is 5.83. The van der Waals surface area contributed by atoms with Crippen molar-refractivity contribution in [3.63, 3.8) is 0 Å². The van der Waals surface area contributed by atoms with Gasteiger partial charge >= 0.3 is 0 Å². The van der Waals surface area contributed by atoms with Crippen LogP contribution in [0.5, 0.6) is 0 Å². The maximum absolute atomic E-state index is 12.5. The van der Waals surface area contributed by atoms with E-state index >= 15 is 0 Å². The number of hydrogen-bond acceptors (Lipinski definition) is 3. The Hall–Kier alpha value is -1.34. The van der Waals surface area contributed by atoms with Crippen molar-refractivity contribution in [1.82, 2.24) is 10.2 Å². The van der Waals surface area contributed by atoms with Crippen LogP contribution in [-0.2, 0) is 9.59 Å². The summed E-state index contributed by atoms with van der Waals surface area (Å²) in [7, 11) is 0. The van der Waals surface area contributed by atoms with E-state index in [2.05, 4.69) is 11.2 Å². The average molecular weight is 276 g/mol. The summed E-state index contributed by atoms with van der Waals surface area (Å²) in [6, 6.07) is -0.126. The van der Waals surface area contributed by atoms with Crippen LogP contribution < -0.4 is 5.32 Å². The van der Waals surface area contributed by atoms with Crippen LogP contribution in [0.1, 0.15) is 58.3 Å². The van der Waals surface area contributed by atoms with Crippen molar-refractivity contribution < 1.29 is 9.59 Å². The third-order valence-electron chi connectivity index (χ3n) is 4.42. The van der Waals surface area contributed by atoms with Crippen molar-refractivity contribution in [2.45, 2.75) is 76.4 Å². The Kier molecular flexibility index (Phi) is 5.19. The lowest BCUT2D eigenvalue weighted by Gasteiger charge is -2.30. The molecule has 4 nitrogen and oxygen atoms in total. The largest absolute Gasteiger partial charge is 0.302 e. The zero-order valence-electron chi connectivity index (χ0n) is 12.2. The molecular formula is C16H24N2O2. The Balaban J connectivity index is 1.99. The summed E-state index contributed by atoms with van der Waals surface area (Å²) in [5, 5.41) is 3.26. The van der Waals surface area contributed by atoms with Crippen LogP contribution in [0, 0.1) is 12.3 Å². The van der Waals surface area contributed by atoms with E-state index in [1.165, 1.54) is 11.3 Å². The number of terminal acetylenes is 1. The monoisotopic (exact) mass is 276 g/mol. The number of carbonyl (C=O) groups is 2. The van der Waals surface area contributed by atoms with Crippen molar-refractivity contribution >= 4 is 11.8 Å². The number of carbonyl (C=O) groups excluding carboxylic acids is 2. The Labute approximate surface area is 121 Å². The molecule has 0 radical (unpaired) electrons. The van der Waals surface area contributed by atoms with Gasteiger partial charge in [-0.25, -0.2) is 0 Å². The van der Waals surface area contributed by atoms with Gasteiger partial charge in [0.25, 0.3) is 0 Å². The fourth-order valence-electron chi connectivity index (χ4n) is 3.25. The van der Waals surface area contributed by atoms with Crippen LogP contribution >= 0.6 is 0 Å². The lowest BCUT2D eigenvalue weighted by molar-refractivity contribution is -0.142. The minimum absolute atomic E-state index is 0.0186. The number of amides is 2. The molecule has 2 atom stereocenters. The van der Waals surface area contributed by atoms with Crippen molar-refractivity contribution in [2.24, 2.45) is 0 Å². The van der Waals surface area contributed by atoms with Gasteiger partial charge in [-0.1, -0.05) is 26.2 Å². The first-order valence-electron chi connectivity index (χ1n) is 7.72. The van der Waals surface area contributed by atoms with Gasteiger partial charge in [0.05, 0.1) is 12.5 Å². The number of imide groups is 1. The molecule has 0 bridgehead atoms. The van der Waals surface area contributed by atoms with Crippen LogP contribution in [0.3, 0.4) is 0 Å². The van der Waals surface area contributed by atoms with Gasteiger partial charge < -0.3 is 5.32 Å². The molecule has 1 aliphatic carbocycles. The molecule has 1 heterocycles. The van der Waals surface area contributed by atoms with E-state index in [0.29, 0.717) is 6.42 Å². The molecule has 110 valence electrons. The number of hydrogen-bond donors (Lipinski definition) is 1. The van der Waals surface area contributed by atoms with Gasteiger partial charge in [0.1, 0.15) is 0 Å². The molecule has 1 N–H and O–H groups in total. The van der Waals surface area contributed by atoms with Crippen LogP contribution in [0.15, 0.2) is 0 Å². The van der Waals surface area contributed by atoms with Crippen LogP contribution in [0.25, 0.3) is 0 Å². The predicted octanol–water partition coefficient (Wildman–Crippen LogP) is 1.84. The van der Waals surface area contributed by atoms with Gasteiger partial charge in [-0.2, -0.15) is 0 Å². The molecule has 4 heteroatoms. The maximum Gasteiger partial charge on any atom is 0.247 e. The highest BCUT2D eigenvalue weighted by Gasteiger charge is 2.42. The molecule has 2 unspecified atom stereocenters. The van der Waals surface area contributed by atoms with E-state index in [1.807, 2.05) is 6.92 Å². The van der Waals surface area contributed by atoms with Crippen LogP contribution in [0.4, 0.5) is 0 Å². The van der Waals surface area contributed by atoms with Crippen LogP contribution in [0.2, 0.25) is 0 Å². The highest BCUT2D eigenvalue weighted by Crippen LogP contribution is 2.27. The molecule has 20 heavy (non-hydrogen) atoms. The number of rotatable bonds is 5. The van der Waals surface area contributed by atoms with Crippen molar-refractivity contribution in [1.29, 1.82) is 0 Å². The zero-order valence-corrected chi connectivity index (χ0v) is 12.2. The molecule has 2 rings (SSSR count). The Bertz CT molecular complexity index is 407. The third-order valence-corrected chi connectivity index (χ3v) is 4.42.